The van der Waals surface area contributed by atoms with Crippen LogP contribution in [-0.4, -0.2) is 32.6 Å². The second-order valence-electron chi connectivity index (χ2n) is 9.13. The van der Waals surface area contributed by atoms with E-state index in [9.17, 15) is 14.4 Å². The van der Waals surface area contributed by atoms with Gasteiger partial charge in [0.2, 0.25) is 0 Å². The molecular weight excluding hydrogens is 556 g/mol. The van der Waals surface area contributed by atoms with Gasteiger partial charge in [-0.25, -0.2) is 14.8 Å². The largest absolute Gasteiger partial charge is 0.465 e. The zero-order valence-electron chi connectivity index (χ0n) is 21.7. The van der Waals surface area contributed by atoms with E-state index in [0.29, 0.717) is 59.2 Å². The molecule has 8 nitrogen and oxygen atoms in total. The minimum atomic E-state index is -0.506. The summed E-state index contributed by atoms with van der Waals surface area (Å²) in [6.45, 7) is 6.00. The van der Waals surface area contributed by atoms with Crippen molar-refractivity contribution in [1.29, 1.82) is 0 Å². The average Bonchev–Trinajstić information content (AvgIpc) is 3.27. The Balaban J connectivity index is 1.57. The molecule has 0 unspecified atom stereocenters. The van der Waals surface area contributed by atoms with Crippen molar-refractivity contribution in [2.75, 3.05) is 7.11 Å². The molecule has 0 aliphatic rings. The van der Waals surface area contributed by atoms with E-state index in [-0.39, 0.29) is 16.9 Å². The first kappa shape index (κ1) is 27.1. The standard InChI is InChI=1S/C28H25ClN4O4S2/c1-5-14(2)16-6-9-18(10-7-16)33-26(35)19-11-8-17(29)12-20(19)30-28(33)38-13-21-31-24(34)22-15(3)23(27(36)37-4)39-25(22)32-21/h6-12,14H,5,13H2,1-4H3,(H,31,32,34)/t14-/m0/s1. The number of nitrogens with zero attached hydrogens (tertiary/aromatic N) is 3. The molecule has 0 radical (unpaired) electrons. The number of carbonyl (C=O) groups is 1. The highest BCUT2D eigenvalue weighted by Crippen LogP contribution is 2.30. The van der Waals surface area contributed by atoms with Gasteiger partial charge in [-0.05, 0) is 60.7 Å². The van der Waals surface area contributed by atoms with E-state index in [1.807, 2.05) is 24.3 Å². The number of benzene rings is 2. The Bertz CT molecular complexity index is 1840. The van der Waals surface area contributed by atoms with E-state index < -0.39 is 5.97 Å². The van der Waals surface area contributed by atoms with Crippen molar-refractivity contribution in [2.45, 2.75) is 44.0 Å². The van der Waals surface area contributed by atoms with Gasteiger partial charge in [0.25, 0.3) is 11.1 Å². The van der Waals surface area contributed by atoms with Crippen molar-refractivity contribution < 1.29 is 9.53 Å². The second-order valence-corrected chi connectivity index (χ2v) is 11.5. The van der Waals surface area contributed by atoms with Crippen LogP contribution in [0.3, 0.4) is 0 Å². The number of aromatic nitrogens is 4. The zero-order valence-corrected chi connectivity index (χ0v) is 24.1. The number of carbonyl (C=O) groups excluding carboxylic acids is 1. The molecule has 3 aromatic heterocycles. The number of rotatable bonds is 7. The molecular formula is C28H25ClN4O4S2. The summed E-state index contributed by atoms with van der Waals surface area (Å²) in [7, 11) is 1.30. The Morgan fingerprint density at radius 2 is 1.92 bits per heavy atom. The summed E-state index contributed by atoms with van der Waals surface area (Å²) < 4.78 is 6.41. The van der Waals surface area contributed by atoms with Gasteiger partial charge in [0.1, 0.15) is 15.5 Å². The molecule has 11 heteroatoms. The fourth-order valence-electron chi connectivity index (χ4n) is 4.33. The number of thioether (sulfide) groups is 1. The zero-order chi connectivity index (χ0) is 27.8. The van der Waals surface area contributed by atoms with E-state index in [0.717, 1.165) is 17.8 Å². The minimum absolute atomic E-state index is 0.219. The van der Waals surface area contributed by atoms with E-state index in [1.165, 1.54) is 24.4 Å². The fraction of sp³-hybridized carbons (Fsp3) is 0.250. The van der Waals surface area contributed by atoms with E-state index in [2.05, 4.69) is 23.8 Å². The number of hydrogen-bond donors (Lipinski definition) is 1. The highest BCUT2D eigenvalue weighted by molar-refractivity contribution is 7.98. The molecule has 3 heterocycles. The van der Waals surface area contributed by atoms with Gasteiger partial charge in [-0.15, -0.1) is 11.3 Å². The van der Waals surface area contributed by atoms with Crippen LogP contribution in [0.5, 0.6) is 0 Å². The Morgan fingerprint density at radius 1 is 1.18 bits per heavy atom. The minimum Gasteiger partial charge on any atom is -0.465 e. The molecule has 200 valence electrons. The number of esters is 1. The molecule has 0 spiro atoms. The summed E-state index contributed by atoms with van der Waals surface area (Å²) in [6.07, 6.45) is 1.01. The van der Waals surface area contributed by atoms with Crippen molar-refractivity contribution >= 4 is 61.8 Å². The number of hydrogen-bond acceptors (Lipinski definition) is 8. The first-order chi connectivity index (χ1) is 18.7. The Kier molecular flexibility index (Phi) is 7.61. The maximum absolute atomic E-state index is 13.7. The lowest BCUT2D eigenvalue weighted by Gasteiger charge is -2.15. The smallest absolute Gasteiger partial charge is 0.348 e. The van der Waals surface area contributed by atoms with Crippen LogP contribution in [0.4, 0.5) is 0 Å². The third-order valence-corrected chi connectivity index (χ3v) is 9.04. The van der Waals surface area contributed by atoms with Gasteiger partial charge in [0.05, 0.1) is 34.8 Å². The quantitative estimate of drug-likeness (QED) is 0.138. The third-order valence-electron chi connectivity index (χ3n) is 6.69. The number of H-pyrrole nitrogens is 1. The van der Waals surface area contributed by atoms with Crippen LogP contribution in [0.15, 0.2) is 57.2 Å². The number of halogens is 1. The van der Waals surface area contributed by atoms with Crippen molar-refractivity contribution in [2.24, 2.45) is 0 Å². The summed E-state index contributed by atoms with van der Waals surface area (Å²) in [5.74, 6) is 0.529. The number of thiophene rings is 1. The molecule has 1 atom stereocenters. The number of ether oxygens (including phenoxy) is 1. The van der Waals surface area contributed by atoms with Crippen LogP contribution in [0.1, 0.15) is 52.8 Å². The number of aryl methyl sites for hydroxylation is 1. The van der Waals surface area contributed by atoms with Gasteiger partial charge in [-0.1, -0.05) is 49.3 Å². The van der Waals surface area contributed by atoms with Gasteiger partial charge >= 0.3 is 5.97 Å². The normalized spacial score (nSPS) is 12.2. The molecule has 0 saturated heterocycles. The van der Waals surface area contributed by atoms with Crippen LogP contribution in [-0.2, 0) is 10.5 Å². The number of aromatic amines is 1. The molecule has 1 N–H and O–H groups in total. The van der Waals surface area contributed by atoms with Crippen LogP contribution in [0.2, 0.25) is 5.02 Å². The lowest BCUT2D eigenvalue weighted by molar-refractivity contribution is 0.0605. The van der Waals surface area contributed by atoms with Crippen molar-refractivity contribution in [3.05, 3.63) is 90.0 Å². The molecule has 39 heavy (non-hydrogen) atoms. The fourth-order valence-corrected chi connectivity index (χ4v) is 6.50. The van der Waals surface area contributed by atoms with Crippen molar-refractivity contribution in [1.82, 2.24) is 19.5 Å². The topological polar surface area (TPSA) is 107 Å². The highest BCUT2D eigenvalue weighted by Gasteiger charge is 2.20. The second kappa shape index (κ2) is 11.0. The predicted octanol–water partition coefficient (Wildman–Crippen LogP) is 6.24. The molecule has 0 bridgehead atoms. The van der Waals surface area contributed by atoms with Crippen LogP contribution >= 0.6 is 34.7 Å². The maximum Gasteiger partial charge on any atom is 0.348 e. The number of nitrogens with one attached hydrogen (secondary N) is 1. The van der Waals surface area contributed by atoms with E-state index in [4.69, 9.17) is 21.3 Å². The summed E-state index contributed by atoms with van der Waals surface area (Å²) in [4.78, 5) is 51.6. The molecule has 5 aromatic rings. The molecule has 2 aromatic carbocycles. The van der Waals surface area contributed by atoms with Gasteiger partial charge in [-0.2, -0.15) is 0 Å². The average molecular weight is 581 g/mol. The van der Waals surface area contributed by atoms with Crippen LogP contribution < -0.4 is 11.1 Å². The molecule has 0 aliphatic heterocycles. The molecule has 0 amide bonds. The molecule has 0 fully saturated rings. The summed E-state index contributed by atoms with van der Waals surface area (Å²) >= 11 is 8.59. The summed E-state index contributed by atoms with van der Waals surface area (Å²) in [5, 5.41) is 1.73. The van der Waals surface area contributed by atoms with E-state index >= 15 is 0 Å². The lowest BCUT2D eigenvalue weighted by atomic mass is 9.98. The summed E-state index contributed by atoms with van der Waals surface area (Å²) in [5.41, 5.74) is 2.34. The van der Waals surface area contributed by atoms with Crippen LogP contribution in [0, 0.1) is 6.92 Å². The Labute approximate surface area is 237 Å². The third kappa shape index (κ3) is 5.11. The predicted molar refractivity (Wildman–Crippen MR) is 157 cm³/mol. The molecule has 5 rings (SSSR count). The monoisotopic (exact) mass is 580 g/mol. The van der Waals surface area contributed by atoms with Crippen molar-refractivity contribution in [3.8, 4) is 5.69 Å². The first-order valence-electron chi connectivity index (χ1n) is 12.3. The van der Waals surface area contributed by atoms with Gasteiger partial charge in [-0.3, -0.25) is 14.2 Å². The Hall–Kier alpha value is -3.47. The molecule has 0 saturated carbocycles. The SMILES string of the molecule is CC[C@H](C)c1ccc(-n2c(SCc3nc4sc(C(=O)OC)c(C)c4c(=O)[nH]3)nc3cc(Cl)ccc3c2=O)cc1. The van der Waals surface area contributed by atoms with E-state index in [1.54, 1.807) is 29.7 Å². The number of methoxy groups -OCH3 is 1. The Morgan fingerprint density at radius 3 is 2.62 bits per heavy atom. The van der Waals surface area contributed by atoms with Gasteiger partial charge in [0.15, 0.2) is 5.16 Å². The maximum atomic E-state index is 13.7. The molecule has 0 aliphatic carbocycles. The van der Waals surface area contributed by atoms with Gasteiger partial charge < -0.3 is 9.72 Å². The lowest BCUT2D eigenvalue weighted by Crippen LogP contribution is -2.22. The number of fused-ring (bicyclic) bond motifs is 2. The highest BCUT2D eigenvalue weighted by atomic mass is 35.5. The first-order valence-corrected chi connectivity index (χ1v) is 14.5. The summed E-state index contributed by atoms with van der Waals surface area (Å²) in [6, 6.07) is 12.9. The van der Waals surface area contributed by atoms with Crippen LogP contribution in [0.25, 0.3) is 26.8 Å². The van der Waals surface area contributed by atoms with Gasteiger partial charge in [0, 0.05) is 5.02 Å². The van der Waals surface area contributed by atoms with Crippen molar-refractivity contribution in [3.63, 3.8) is 0 Å².